The predicted molar refractivity (Wildman–Crippen MR) is 45.0 cm³/mol. The molecule has 2 nitrogen and oxygen atoms in total. The zero-order valence-electron chi connectivity index (χ0n) is 6.62. The number of hydrogen-bond donors (Lipinski definition) is 0. The number of nitrogens with one attached hydrogen (secondary N) is 2. The van der Waals surface area contributed by atoms with Crippen LogP contribution in [0.4, 0.5) is 0 Å². The van der Waals surface area contributed by atoms with Crippen molar-refractivity contribution in [1.29, 1.82) is 0 Å². The molecule has 2 rings (SSSR count). The summed E-state index contributed by atoms with van der Waals surface area (Å²) in [4.78, 5) is 5.99. The average Bonchev–Trinajstić information content (AvgIpc) is 2.21. The van der Waals surface area contributed by atoms with E-state index in [1.807, 2.05) is 24.8 Å². The maximum atomic E-state index is 2.99. The average molecular weight is 158 g/mol. The van der Waals surface area contributed by atoms with Gasteiger partial charge in [0.15, 0.2) is 24.8 Å². The Morgan fingerprint density at radius 2 is 0.917 bits per heavy atom. The van der Waals surface area contributed by atoms with Crippen molar-refractivity contribution in [2.24, 2.45) is 0 Å². The van der Waals surface area contributed by atoms with Gasteiger partial charge in [0.1, 0.15) is 0 Å². The standard InChI is InChI=1S/C10H8N2/c1-5-11-6-2-9(1)10-3-7-12-8-4-10/h1-8H/p+2. The van der Waals surface area contributed by atoms with Gasteiger partial charge in [-0.05, 0) is 11.1 Å². The van der Waals surface area contributed by atoms with Gasteiger partial charge < -0.3 is 0 Å². The third kappa shape index (κ3) is 1.32. The lowest BCUT2D eigenvalue weighted by Crippen LogP contribution is -1.99. The van der Waals surface area contributed by atoms with E-state index in [1.165, 1.54) is 11.1 Å². The van der Waals surface area contributed by atoms with Gasteiger partial charge >= 0.3 is 0 Å². The SMILES string of the molecule is c1cc(-c2cc[nH+]cc2)cc[nH+]1. The molecule has 0 unspecified atom stereocenters. The molecule has 0 saturated heterocycles. The number of rotatable bonds is 1. The Hall–Kier alpha value is -1.70. The zero-order valence-corrected chi connectivity index (χ0v) is 6.62. The van der Waals surface area contributed by atoms with Crippen molar-refractivity contribution >= 4 is 0 Å². The van der Waals surface area contributed by atoms with Gasteiger partial charge in [0.25, 0.3) is 0 Å². The van der Waals surface area contributed by atoms with E-state index < -0.39 is 0 Å². The van der Waals surface area contributed by atoms with Crippen LogP contribution in [0.1, 0.15) is 0 Å². The molecule has 0 aliphatic heterocycles. The fraction of sp³-hybridized carbons (Fsp3) is 0. The first kappa shape index (κ1) is 6.98. The van der Waals surface area contributed by atoms with Gasteiger partial charge in [-0.1, -0.05) is 0 Å². The molecule has 0 radical (unpaired) electrons. The smallest absolute Gasteiger partial charge is 0.167 e. The van der Waals surface area contributed by atoms with Crippen molar-refractivity contribution in [3.05, 3.63) is 49.1 Å². The molecule has 2 aromatic rings. The van der Waals surface area contributed by atoms with E-state index in [-0.39, 0.29) is 0 Å². The van der Waals surface area contributed by atoms with Gasteiger partial charge in [-0.3, -0.25) is 0 Å². The second-order valence-electron chi connectivity index (χ2n) is 2.58. The van der Waals surface area contributed by atoms with Gasteiger partial charge in [-0.25, -0.2) is 9.97 Å². The minimum Gasteiger partial charge on any atom is -0.218 e. The Labute approximate surface area is 70.9 Å². The molecule has 58 valence electrons. The lowest BCUT2D eigenvalue weighted by atomic mass is 10.1. The van der Waals surface area contributed by atoms with Gasteiger partial charge in [0.2, 0.25) is 0 Å². The second kappa shape index (κ2) is 3.13. The fourth-order valence-electron chi connectivity index (χ4n) is 1.16. The monoisotopic (exact) mass is 158 g/mol. The highest BCUT2D eigenvalue weighted by Gasteiger charge is 1.97. The molecule has 0 fully saturated rings. The number of pyridine rings is 2. The van der Waals surface area contributed by atoms with E-state index in [9.17, 15) is 0 Å². The third-order valence-electron chi connectivity index (χ3n) is 1.77. The summed E-state index contributed by atoms with van der Waals surface area (Å²) in [5.41, 5.74) is 2.45. The summed E-state index contributed by atoms with van der Waals surface area (Å²) >= 11 is 0. The Morgan fingerprint density at radius 1 is 0.583 bits per heavy atom. The first-order chi connectivity index (χ1) is 5.97. The van der Waals surface area contributed by atoms with Crippen LogP contribution in [0.15, 0.2) is 49.1 Å². The molecular weight excluding hydrogens is 148 g/mol. The summed E-state index contributed by atoms with van der Waals surface area (Å²) in [6, 6.07) is 8.20. The Morgan fingerprint density at radius 3 is 1.25 bits per heavy atom. The summed E-state index contributed by atoms with van der Waals surface area (Å²) in [7, 11) is 0. The number of hydrogen-bond acceptors (Lipinski definition) is 0. The Kier molecular flexibility index (Phi) is 1.82. The number of H-pyrrole nitrogens is 2. The van der Waals surface area contributed by atoms with E-state index in [0.717, 1.165) is 0 Å². The predicted octanol–water partition coefficient (Wildman–Crippen LogP) is 0.982. The normalized spacial score (nSPS) is 9.67. The number of aromatic nitrogens is 2. The van der Waals surface area contributed by atoms with E-state index in [4.69, 9.17) is 0 Å². The molecule has 0 aliphatic carbocycles. The summed E-state index contributed by atoms with van der Waals surface area (Å²) in [6.07, 6.45) is 7.69. The minimum atomic E-state index is 1.22. The van der Waals surface area contributed by atoms with Crippen molar-refractivity contribution in [3.8, 4) is 11.1 Å². The fourth-order valence-corrected chi connectivity index (χ4v) is 1.16. The first-order valence-electron chi connectivity index (χ1n) is 3.89. The third-order valence-corrected chi connectivity index (χ3v) is 1.77. The van der Waals surface area contributed by atoms with Crippen LogP contribution in [-0.4, -0.2) is 0 Å². The largest absolute Gasteiger partial charge is 0.218 e. The molecule has 0 amide bonds. The van der Waals surface area contributed by atoms with E-state index in [1.54, 1.807) is 0 Å². The van der Waals surface area contributed by atoms with E-state index >= 15 is 0 Å². The lowest BCUT2D eigenvalue weighted by molar-refractivity contribution is -0.378. The minimum absolute atomic E-state index is 1.22. The molecule has 0 spiro atoms. The van der Waals surface area contributed by atoms with Gasteiger partial charge in [0.05, 0.1) is 0 Å². The van der Waals surface area contributed by atoms with Crippen molar-refractivity contribution in [2.45, 2.75) is 0 Å². The molecule has 0 bridgehead atoms. The Balaban J connectivity index is 2.46. The summed E-state index contributed by atoms with van der Waals surface area (Å²) in [6.45, 7) is 0. The maximum Gasteiger partial charge on any atom is 0.167 e. The molecular formula is C10H10N2+2. The highest BCUT2D eigenvalue weighted by Crippen LogP contribution is 2.14. The lowest BCUT2D eigenvalue weighted by Gasteiger charge is -1.93. The molecule has 0 saturated carbocycles. The molecule has 0 aromatic carbocycles. The molecule has 2 N–H and O–H groups in total. The van der Waals surface area contributed by atoms with Crippen molar-refractivity contribution in [2.75, 3.05) is 0 Å². The molecule has 0 aliphatic rings. The summed E-state index contributed by atoms with van der Waals surface area (Å²) in [5.74, 6) is 0. The van der Waals surface area contributed by atoms with Gasteiger partial charge in [-0.15, -0.1) is 0 Å². The Bertz CT molecular complexity index is 305. The highest BCUT2D eigenvalue weighted by atomic mass is 14.6. The van der Waals surface area contributed by atoms with Crippen molar-refractivity contribution in [1.82, 2.24) is 0 Å². The van der Waals surface area contributed by atoms with Gasteiger partial charge in [-0.2, -0.15) is 0 Å². The maximum absolute atomic E-state index is 2.99. The molecule has 2 heterocycles. The molecule has 0 atom stereocenters. The van der Waals surface area contributed by atoms with Crippen LogP contribution in [0.2, 0.25) is 0 Å². The van der Waals surface area contributed by atoms with E-state index in [0.29, 0.717) is 0 Å². The first-order valence-corrected chi connectivity index (χ1v) is 3.89. The second-order valence-corrected chi connectivity index (χ2v) is 2.58. The van der Waals surface area contributed by atoms with Crippen molar-refractivity contribution in [3.63, 3.8) is 0 Å². The van der Waals surface area contributed by atoms with Crippen LogP contribution in [0, 0.1) is 0 Å². The summed E-state index contributed by atoms with van der Waals surface area (Å²) in [5, 5.41) is 0. The van der Waals surface area contributed by atoms with Crippen LogP contribution in [0.25, 0.3) is 11.1 Å². The van der Waals surface area contributed by atoms with Crippen LogP contribution in [-0.2, 0) is 0 Å². The van der Waals surface area contributed by atoms with Crippen molar-refractivity contribution < 1.29 is 9.97 Å². The van der Waals surface area contributed by atoms with Gasteiger partial charge in [0, 0.05) is 24.3 Å². The molecule has 12 heavy (non-hydrogen) atoms. The molecule has 2 aromatic heterocycles. The van der Waals surface area contributed by atoms with Crippen LogP contribution in [0.3, 0.4) is 0 Å². The zero-order chi connectivity index (χ0) is 8.23. The van der Waals surface area contributed by atoms with Crippen LogP contribution in [0.5, 0.6) is 0 Å². The highest BCUT2D eigenvalue weighted by molar-refractivity contribution is 5.60. The van der Waals surface area contributed by atoms with Crippen LogP contribution >= 0.6 is 0 Å². The molecule has 2 heteroatoms. The topological polar surface area (TPSA) is 28.3 Å². The summed E-state index contributed by atoms with van der Waals surface area (Å²) < 4.78 is 0. The van der Waals surface area contributed by atoms with E-state index in [2.05, 4.69) is 34.2 Å². The number of aromatic amines is 2. The van der Waals surface area contributed by atoms with Crippen LogP contribution < -0.4 is 9.97 Å². The quantitative estimate of drug-likeness (QED) is 0.592.